The Morgan fingerprint density at radius 2 is 1.81 bits per heavy atom. The summed E-state index contributed by atoms with van der Waals surface area (Å²) in [4.78, 5) is 41.0. The number of alkyl halides is 1. The number of aromatic amines is 1. The van der Waals surface area contributed by atoms with Crippen molar-refractivity contribution in [1.82, 2.24) is 10.3 Å². The highest BCUT2D eigenvalue weighted by Gasteiger charge is 2.27. The van der Waals surface area contributed by atoms with Crippen molar-refractivity contribution in [1.29, 1.82) is 0 Å². The second kappa shape index (κ2) is 10.4. The molecule has 3 amide bonds. The Bertz CT molecular complexity index is 1360. The molecular weight excluding hydrogens is 476 g/mol. The van der Waals surface area contributed by atoms with Crippen molar-refractivity contribution in [3.05, 3.63) is 82.2 Å². The lowest BCUT2D eigenvalue weighted by molar-refractivity contribution is -0.114. The molecule has 8 heteroatoms. The third kappa shape index (κ3) is 5.06. The Morgan fingerprint density at radius 1 is 1.08 bits per heavy atom. The maximum Gasteiger partial charge on any atom is 0.256 e. The van der Waals surface area contributed by atoms with E-state index in [0.29, 0.717) is 33.8 Å². The van der Waals surface area contributed by atoms with Gasteiger partial charge in [-0.05, 0) is 55.2 Å². The van der Waals surface area contributed by atoms with Gasteiger partial charge >= 0.3 is 0 Å². The number of carbonyl (C=O) groups is 3. The molecule has 1 aliphatic heterocycles. The van der Waals surface area contributed by atoms with E-state index in [0.717, 1.165) is 16.8 Å². The SMILES string of the molecule is Cc1[nH]c(/C=C2\C(=O)Nc3ccc(C(=O)N[C@@H](c4ccccc4)C(C)C)cc32)c(C)c1NC(=O)CCl. The normalized spacial score (nSPS) is 14.5. The molecule has 2 aromatic carbocycles. The van der Waals surface area contributed by atoms with E-state index >= 15 is 0 Å². The van der Waals surface area contributed by atoms with Gasteiger partial charge in [-0.2, -0.15) is 0 Å². The third-order valence-electron chi connectivity index (χ3n) is 6.33. The van der Waals surface area contributed by atoms with Crippen LogP contribution in [0.1, 0.15) is 58.3 Å². The molecule has 0 aliphatic carbocycles. The van der Waals surface area contributed by atoms with E-state index in [2.05, 4.69) is 34.8 Å². The van der Waals surface area contributed by atoms with Gasteiger partial charge in [0, 0.05) is 28.2 Å². The number of rotatable bonds is 7. The van der Waals surface area contributed by atoms with Gasteiger partial charge in [0.2, 0.25) is 5.91 Å². The Morgan fingerprint density at radius 3 is 2.47 bits per heavy atom. The molecule has 1 atom stereocenters. The number of halogens is 1. The molecule has 2 heterocycles. The molecule has 7 nitrogen and oxygen atoms in total. The summed E-state index contributed by atoms with van der Waals surface area (Å²) in [5, 5.41) is 8.78. The predicted octanol–water partition coefficient (Wildman–Crippen LogP) is 5.43. The number of nitrogens with one attached hydrogen (secondary N) is 4. The lowest BCUT2D eigenvalue weighted by atomic mass is 9.95. The molecular formula is C28H29ClN4O3. The molecule has 36 heavy (non-hydrogen) atoms. The smallest absolute Gasteiger partial charge is 0.256 e. The number of aromatic nitrogens is 1. The summed E-state index contributed by atoms with van der Waals surface area (Å²) in [5.74, 6) is -0.738. The molecule has 0 bridgehead atoms. The van der Waals surface area contributed by atoms with Crippen LogP contribution in [-0.2, 0) is 9.59 Å². The van der Waals surface area contributed by atoms with E-state index in [1.54, 1.807) is 24.3 Å². The van der Waals surface area contributed by atoms with Crippen molar-refractivity contribution >= 4 is 52.3 Å². The number of anilines is 2. The van der Waals surface area contributed by atoms with Crippen LogP contribution in [0.2, 0.25) is 0 Å². The molecule has 0 radical (unpaired) electrons. The van der Waals surface area contributed by atoms with E-state index in [1.165, 1.54) is 0 Å². The van der Waals surface area contributed by atoms with E-state index in [-0.39, 0.29) is 35.6 Å². The van der Waals surface area contributed by atoms with Gasteiger partial charge < -0.3 is 20.9 Å². The quantitative estimate of drug-likeness (QED) is 0.255. The van der Waals surface area contributed by atoms with Crippen molar-refractivity contribution in [3.8, 4) is 0 Å². The molecule has 0 saturated carbocycles. The van der Waals surface area contributed by atoms with Crippen LogP contribution in [0, 0.1) is 19.8 Å². The number of H-pyrrole nitrogens is 1. The largest absolute Gasteiger partial charge is 0.357 e. The molecule has 4 N–H and O–H groups in total. The van der Waals surface area contributed by atoms with Crippen LogP contribution in [0.25, 0.3) is 11.6 Å². The standard InChI is InChI=1S/C28H29ClN4O3/c1-15(2)25(18-8-6-5-7-9-18)33-27(35)19-10-11-22-20(12-19)21(28(36)31-22)13-23-16(3)26(17(4)30-23)32-24(34)14-29/h5-13,15,25,30H,14H2,1-4H3,(H,31,36)(H,32,34)(H,33,35)/b21-13-/t25-/m1/s1. The fourth-order valence-corrected chi connectivity index (χ4v) is 4.48. The van der Waals surface area contributed by atoms with Gasteiger partial charge in [-0.15, -0.1) is 11.6 Å². The van der Waals surface area contributed by atoms with Crippen LogP contribution in [0.5, 0.6) is 0 Å². The monoisotopic (exact) mass is 504 g/mol. The minimum Gasteiger partial charge on any atom is -0.357 e. The Hall–Kier alpha value is -3.84. The van der Waals surface area contributed by atoms with Crippen molar-refractivity contribution in [2.24, 2.45) is 5.92 Å². The van der Waals surface area contributed by atoms with E-state index in [1.807, 2.05) is 44.2 Å². The molecule has 1 aromatic heterocycles. The number of carbonyl (C=O) groups excluding carboxylic acids is 3. The van der Waals surface area contributed by atoms with Gasteiger partial charge in [0.25, 0.3) is 11.8 Å². The van der Waals surface area contributed by atoms with Gasteiger partial charge in [0.05, 0.1) is 17.3 Å². The highest BCUT2D eigenvalue weighted by Crippen LogP contribution is 2.35. The zero-order chi connectivity index (χ0) is 26.0. The second-order valence-corrected chi connectivity index (χ2v) is 9.49. The second-order valence-electron chi connectivity index (χ2n) is 9.22. The first-order chi connectivity index (χ1) is 17.2. The van der Waals surface area contributed by atoms with Crippen LogP contribution in [0.15, 0.2) is 48.5 Å². The molecule has 186 valence electrons. The highest BCUT2D eigenvalue weighted by atomic mass is 35.5. The minimum atomic E-state index is -0.309. The third-order valence-corrected chi connectivity index (χ3v) is 6.57. The van der Waals surface area contributed by atoms with Crippen molar-refractivity contribution < 1.29 is 14.4 Å². The van der Waals surface area contributed by atoms with Crippen molar-refractivity contribution in [3.63, 3.8) is 0 Å². The predicted molar refractivity (Wildman–Crippen MR) is 144 cm³/mol. The van der Waals surface area contributed by atoms with Gasteiger partial charge in [0.1, 0.15) is 5.88 Å². The molecule has 0 saturated heterocycles. The van der Waals surface area contributed by atoms with Crippen LogP contribution in [0.4, 0.5) is 11.4 Å². The number of benzene rings is 2. The van der Waals surface area contributed by atoms with Gasteiger partial charge in [-0.3, -0.25) is 14.4 Å². The first-order valence-corrected chi connectivity index (χ1v) is 12.3. The van der Waals surface area contributed by atoms with E-state index < -0.39 is 0 Å². The number of aryl methyl sites for hydroxylation is 1. The van der Waals surface area contributed by atoms with Gasteiger partial charge in [-0.25, -0.2) is 0 Å². The number of hydrogen-bond donors (Lipinski definition) is 4. The molecule has 1 aliphatic rings. The zero-order valence-corrected chi connectivity index (χ0v) is 21.4. The lowest BCUT2D eigenvalue weighted by Gasteiger charge is -2.23. The summed E-state index contributed by atoms with van der Waals surface area (Å²) in [6.07, 6.45) is 1.74. The Kier molecular flexibility index (Phi) is 7.31. The summed E-state index contributed by atoms with van der Waals surface area (Å²) in [6, 6.07) is 14.9. The average molecular weight is 505 g/mol. The summed E-state index contributed by atoms with van der Waals surface area (Å²) >= 11 is 5.63. The topological polar surface area (TPSA) is 103 Å². The maximum atomic E-state index is 13.2. The Labute approximate surface area is 215 Å². The molecule has 0 spiro atoms. The van der Waals surface area contributed by atoms with Gasteiger partial charge in [-0.1, -0.05) is 44.2 Å². The number of amides is 3. The molecule has 0 unspecified atom stereocenters. The minimum absolute atomic E-state index is 0.145. The van der Waals surface area contributed by atoms with Gasteiger partial charge in [0.15, 0.2) is 0 Å². The Balaban J connectivity index is 1.65. The summed E-state index contributed by atoms with van der Waals surface area (Å²) < 4.78 is 0. The highest BCUT2D eigenvalue weighted by molar-refractivity contribution is 6.35. The number of fused-ring (bicyclic) bond motifs is 1. The fourth-order valence-electron chi connectivity index (χ4n) is 4.42. The van der Waals surface area contributed by atoms with Crippen LogP contribution in [0.3, 0.4) is 0 Å². The van der Waals surface area contributed by atoms with E-state index in [4.69, 9.17) is 11.6 Å². The number of hydrogen-bond acceptors (Lipinski definition) is 3. The fraction of sp³-hybridized carbons (Fsp3) is 0.250. The van der Waals surface area contributed by atoms with Crippen molar-refractivity contribution in [2.45, 2.75) is 33.7 Å². The maximum absolute atomic E-state index is 13.2. The first-order valence-electron chi connectivity index (χ1n) is 11.8. The molecule has 0 fully saturated rings. The van der Waals surface area contributed by atoms with Crippen LogP contribution < -0.4 is 16.0 Å². The average Bonchev–Trinajstić information content (AvgIpc) is 3.32. The van der Waals surface area contributed by atoms with Crippen molar-refractivity contribution in [2.75, 3.05) is 16.5 Å². The van der Waals surface area contributed by atoms with Crippen LogP contribution in [-0.4, -0.2) is 28.6 Å². The summed E-state index contributed by atoms with van der Waals surface area (Å²) in [6.45, 7) is 7.82. The first kappa shape index (κ1) is 25.3. The van der Waals surface area contributed by atoms with Crippen LogP contribution >= 0.6 is 11.6 Å². The summed E-state index contributed by atoms with van der Waals surface area (Å²) in [5.41, 5.74) is 6.09. The molecule has 3 aromatic rings. The van der Waals surface area contributed by atoms with E-state index in [9.17, 15) is 14.4 Å². The lowest BCUT2D eigenvalue weighted by Crippen LogP contribution is -2.31. The summed E-state index contributed by atoms with van der Waals surface area (Å²) in [7, 11) is 0. The molecule has 4 rings (SSSR count). The zero-order valence-electron chi connectivity index (χ0n) is 20.7.